The van der Waals surface area contributed by atoms with E-state index in [9.17, 15) is 4.79 Å². The van der Waals surface area contributed by atoms with Crippen molar-refractivity contribution in [1.29, 1.82) is 0 Å². The van der Waals surface area contributed by atoms with Crippen LogP contribution in [0.3, 0.4) is 0 Å². The fourth-order valence-electron chi connectivity index (χ4n) is 3.47. The monoisotopic (exact) mass is 344 g/mol. The van der Waals surface area contributed by atoms with Gasteiger partial charge in [0, 0.05) is 26.2 Å². The van der Waals surface area contributed by atoms with Gasteiger partial charge in [0.25, 0.3) is 0 Å². The maximum absolute atomic E-state index is 12.4. The van der Waals surface area contributed by atoms with Crippen LogP contribution in [-0.2, 0) is 16.0 Å². The highest BCUT2D eigenvalue weighted by Gasteiger charge is 2.23. The van der Waals surface area contributed by atoms with Crippen molar-refractivity contribution in [2.75, 3.05) is 45.9 Å². The van der Waals surface area contributed by atoms with E-state index < -0.39 is 0 Å². The number of morpholine rings is 1. The summed E-state index contributed by atoms with van der Waals surface area (Å²) in [5.74, 6) is 1.19. The molecule has 2 aliphatic heterocycles. The molecule has 0 saturated carbocycles. The third-order valence-electron chi connectivity index (χ3n) is 5.05. The molecule has 6 nitrogen and oxygen atoms in total. The Morgan fingerprint density at radius 3 is 2.44 bits per heavy atom. The Labute approximate surface area is 149 Å². The number of carbonyl (C=O) groups is 1. The summed E-state index contributed by atoms with van der Waals surface area (Å²) in [6.07, 6.45) is 3.22. The number of hydrogen-bond donors (Lipinski definition) is 1. The zero-order valence-electron chi connectivity index (χ0n) is 14.8. The van der Waals surface area contributed by atoms with Gasteiger partial charge in [-0.3, -0.25) is 4.79 Å². The lowest BCUT2D eigenvalue weighted by molar-refractivity contribution is -0.131. The van der Waals surface area contributed by atoms with E-state index in [1.807, 2.05) is 15.9 Å². The molecule has 2 saturated heterocycles. The van der Waals surface area contributed by atoms with E-state index in [2.05, 4.69) is 29.3 Å². The Bertz CT molecular complexity index is 576. The number of likely N-dealkylation sites (tertiary alicyclic amines) is 1. The summed E-state index contributed by atoms with van der Waals surface area (Å²) in [5.41, 5.74) is 7.37. The molecule has 0 aliphatic carbocycles. The fraction of sp³-hybridized carbons (Fsp3) is 0.579. The number of hydrogen-bond acceptors (Lipinski definition) is 3. The molecule has 1 aromatic carbocycles. The highest BCUT2D eigenvalue weighted by Crippen LogP contribution is 2.21. The van der Waals surface area contributed by atoms with Crippen LogP contribution in [0.1, 0.15) is 18.4 Å². The van der Waals surface area contributed by atoms with Crippen molar-refractivity contribution in [3.05, 3.63) is 35.9 Å². The van der Waals surface area contributed by atoms with Gasteiger partial charge in [-0.15, -0.1) is 0 Å². The van der Waals surface area contributed by atoms with Crippen molar-refractivity contribution in [2.24, 2.45) is 16.6 Å². The van der Waals surface area contributed by atoms with Gasteiger partial charge in [0.05, 0.1) is 13.2 Å². The minimum Gasteiger partial charge on any atom is -0.378 e. The molecule has 2 N–H and O–H groups in total. The Balaban J connectivity index is 1.42. The van der Waals surface area contributed by atoms with Crippen LogP contribution in [-0.4, -0.2) is 67.6 Å². The van der Waals surface area contributed by atoms with Gasteiger partial charge in [0.15, 0.2) is 5.96 Å². The highest BCUT2D eigenvalue weighted by molar-refractivity contribution is 5.84. The lowest BCUT2D eigenvalue weighted by Crippen LogP contribution is -2.45. The molecule has 0 aromatic heterocycles. The van der Waals surface area contributed by atoms with Crippen molar-refractivity contribution in [3.8, 4) is 0 Å². The summed E-state index contributed by atoms with van der Waals surface area (Å²) in [6.45, 7) is 4.61. The van der Waals surface area contributed by atoms with E-state index >= 15 is 0 Å². The summed E-state index contributed by atoms with van der Waals surface area (Å²) < 4.78 is 5.30. The van der Waals surface area contributed by atoms with E-state index in [4.69, 9.17) is 10.5 Å². The molecule has 1 amide bonds. The first kappa shape index (κ1) is 17.7. The summed E-state index contributed by atoms with van der Waals surface area (Å²) in [5, 5.41) is 0. The van der Waals surface area contributed by atoms with Crippen molar-refractivity contribution in [2.45, 2.75) is 19.3 Å². The number of aliphatic imine (C=N–C) groups is 1. The predicted molar refractivity (Wildman–Crippen MR) is 98.3 cm³/mol. The second kappa shape index (κ2) is 8.85. The van der Waals surface area contributed by atoms with Crippen molar-refractivity contribution < 1.29 is 9.53 Å². The van der Waals surface area contributed by atoms with Crippen LogP contribution >= 0.6 is 0 Å². The molecule has 0 bridgehead atoms. The van der Waals surface area contributed by atoms with Crippen molar-refractivity contribution >= 4 is 11.9 Å². The van der Waals surface area contributed by atoms with E-state index in [0.29, 0.717) is 25.1 Å². The van der Waals surface area contributed by atoms with Crippen LogP contribution < -0.4 is 5.73 Å². The smallest absolute Gasteiger partial charge is 0.244 e. The number of carbonyl (C=O) groups excluding carboxylic acids is 1. The molecular weight excluding hydrogens is 316 g/mol. The number of ether oxygens (including phenoxy) is 1. The highest BCUT2D eigenvalue weighted by atomic mass is 16.5. The summed E-state index contributed by atoms with van der Waals surface area (Å²) >= 11 is 0. The first-order valence-corrected chi connectivity index (χ1v) is 9.16. The van der Waals surface area contributed by atoms with E-state index in [0.717, 1.165) is 45.4 Å². The number of nitrogens with two attached hydrogens (primary N) is 1. The largest absolute Gasteiger partial charge is 0.378 e. The van der Waals surface area contributed by atoms with Crippen LogP contribution in [0, 0.1) is 5.92 Å². The molecule has 0 radical (unpaired) electrons. The van der Waals surface area contributed by atoms with E-state index in [1.165, 1.54) is 5.56 Å². The molecule has 2 aliphatic rings. The summed E-state index contributed by atoms with van der Waals surface area (Å²) in [6, 6.07) is 10.6. The molecule has 136 valence electrons. The van der Waals surface area contributed by atoms with Crippen molar-refractivity contribution in [1.82, 2.24) is 9.80 Å². The maximum Gasteiger partial charge on any atom is 0.244 e. The predicted octanol–water partition coefficient (Wildman–Crippen LogP) is 1.11. The lowest BCUT2D eigenvalue weighted by atomic mass is 9.90. The van der Waals surface area contributed by atoms with Gasteiger partial charge in [0.1, 0.15) is 6.54 Å². The van der Waals surface area contributed by atoms with Crippen LogP contribution in [0.25, 0.3) is 0 Å². The number of rotatable bonds is 4. The van der Waals surface area contributed by atoms with Gasteiger partial charge < -0.3 is 20.3 Å². The molecule has 2 heterocycles. The van der Waals surface area contributed by atoms with Crippen LogP contribution in [0.15, 0.2) is 35.3 Å². The topological polar surface area (TPSA) is 71.2 Å². The Morgan fingerprint density at radius 2 is 1.76 bits per heavy atom. The minimum atomic E-state index is 0.0781. The molecule has 3 rings (SSSR count). The standard InChI is InChI=1S/C19H28N4O2/c20-19(23-10-12-25-13-11-23)21-15-18(24)22-8-6-17(7-9-22)14-16-4-2-1-3-5-16/h1-5,17H,6-15H2,(H2,20,21). The Kier molecular flexibility index (Phi) is 6.28. The lowest BCUT2D eigenvalue weighted by Gasteiger charge is -2.32. The molecule has 25 heavy (non-hydrogen) atoms. The zero-order chi connectivity index (χ0) is 17.5. The van der Waals surface area contributed by atoms with E-state index in [1.54, 1.807) is 0 Å². The minimum absolute atomic E-state index is 0.0781. The summed E-state index contributed by atoms with van der Waals surface area (Å²) in [7, 11) is 0. The first-order valence-electron chi connectivity index (χ1n) is 9.16. The third kappa shape index (κ3) is 5.19. The van der Waals surface area contributed by atoms with Crippen LogP contribution in [0.2, 0.25) is 0 Å². The number of nitrogens with zero attached hydrogens (tertiary/aromatic N) is 3. The number of amides is 1. The van der Waals surface area contributed by atoms with Crippen LogP contribution in [0.5, 0.6) is 0 Å². The second-order valence-electron chi connectivity index (χ2n) is 6.79. The van der Waals surface area contributed by atoms with Gasteiger partial charge in [-0.05, 0) is 30.7 Å². The quantitative estimate of drug-likeness (QED) is 0.656. The number of benzene rings is 1. The van der Waals surface area contributed by atoms with Gasteiger partial charge in [-0.2, -0.15) is 0 Å². The maximum atomic E-state index is 12.4. The van der Waals surface area contributed by atoms with Gasteiger partial charge in [0.2, 0.25) is 5.91 Å². The Hall–Kier alpha value is -2.08. The number of guanidine groups is 1. The average molecular weight is 344 g/mol. The van der Waals surface area contributed by atoms with Gasteiger partial charge in [-0.25, -0.2) is 4.99 Å². The SMILES string of the molecule is NC(=NCC(=O)N1CCC(Cc2ccccc2)CC1)N1CCOCC1. The summed E-state index contributed by atoms with van der Waals surface area (Å²) in [4.78, 5) is 20.6. The molecular formula is C19H28N4O2. The fourth-order valence-corrected chi connectivity index (χ4v) is 3.47. The number of piperidine rings is 1. The van der Waals surface area contributed by atoms with Gasteiger partial charge in [-0.1, -0.05) is 30.3 Å². The molecule has 0 spiro atoms. The normalized spacial score (nSPS) is 19.9. The molecule has 0 unspecified atom stereocenters. The molecule has 0 atom stereocenters. The van der Waals surface area contributed by atoms with Crippen LogP contribution in [0.4, 0.5) is 0 Å². The van der Waals surface area contributed by atoms with Crippen molar-refractivity contribution in [3.63, 3.8) is 0 Å². The average Bonchev–Trinajstić information content (AvgIpc) is 2.68. The second-order valence-corrected chi connectivity index (χ2v) is 6.79. The molecule has 2 fully saturated rings. The zero-order valence-corrected chi connectivity index (χ0v) is 14.8. The molecule has 1 aromatic rings. The Morgan fingerprint density at radius 1 is 1.08 bits per heavy atom. The first-order chi connectivity index (χ1) is 12.2. The molecule has 6 heteroatoms. The third-order valence-corrected chi connectivity index (χ3v) is 5.05. The van der Waals surface area contributed by atoms with E-state index in [-0.39, 0.29) is 12.5 Å². The van der Waals surface area contributed by atoms with Gasteiger partial charge >= 0.3 is 0 Å².